The molecule has 0 heterocycles. The third-order valence-corrected chi connectivity index (χ3v) is 3.44. The van der Waals surface area contributed by atoms with Crippen LogP contribution in [0.5, 0.6) is 0 Å². The van der Waals surface area contributed by atoms with E-state index in [9.17, 15) is 4.39 Å². The van der Waals surface area contributed by atoms with Gasteiger partial charge in [0.1, 0.15) is 5.82 Å². The number of benzene rings is 2. The van der Waals surface area contributed by atoms with Gasteiger partial charge in [-0.25, -0.2) is 4.39 Å². The van der Waals surface area contributed by atoms with Crippen molar-refractivity contribution >= 4 is 11.6 Å². The van der Waals surface area contributed by atoms with Crippen molar-refractivity contribution in [3.8, 4) is 0 Å². The summed E-state index contributed by atoms with van der Waals surface area (Å²) in [6.07, 6.45) is 1.33. The summed E-state index contributed by atoms with van der Waals surface area (Å²) < 4.78 is 13.2. The fourth-order valence-electron chi connectivity index (χ4n) is 2.20. The Morgan fingerprint density at radius 1 is 1.16 bits per heavy atom. The number of nitrogens with two attached hydrogens (primary N) is 1. The lowest BCUT2D eigenvalue weighted by Crippen LogP contribution is -2.25. The van der Waals surface area contributed by atoms with Crippen molar-refractivity contribution in [1.29, 1.82) is 0 Å². The summed E-state index contributed by atoms with van der Waals surface area (Å²) in [6.45, 7) is 2.05. The lowest BCUT2D eigenvalue weighted by Gasteiger charge is -2.13. The van der Waals surface area contributed by atoms with Crippen LogP contribution in [0.4, 0.5) is 4.39 Å². The fraction of sp³-hybridized carbons (Fsp3) is 0.250. The zero-order chi connectivity index (χ0) is 13.8. The predicted molar refractivity (Wildman–Crippen MR) is 78.0 cm³/mol. The van der Waals surface area contributed by atoms with Gasteiger partial charge in [-0.3, -0.25) is 0 Å². The van der Waals surface area contributed by atoms with Crippen molar-refractivity contribution in [2.75, 3.05) is 0 Å². The van der Waals surface area contributed by atoms with E-state index in [0.717, 1.165) is 12.0 Å². The molecule has 19 heavy (non-hydrogen) atoms. The number of rotatable bonds is 4. The first kappa shape index (κ1) is 14.0. The van der Waals surface area contributed by atoms with Crippen molar-refractivity contribution in [1.82, 2.24) is 0 Å². The topological polar surface area (TPSA) is 26.0 Å². The Kier molecular flexibility index (Phi) is 4.56. The van der Waals surface area contributed by atoms with Gasteiger partial charge in [0.2, 0.25) is 0 Å². The van der Waals surface area contributed by atoms with E-state index in [1.165, 1.54) is 23.3 Å². The molecule has 0 spiro atoms. The number of aryl methyl sites for hydroxylation is 1. The fourth-order valence-corrected chi connectivity index (χ4v) is 2.39. The molecule has 2 aromatic carbocycles. The maximum atomic E-state index is 13.2. The quantitative estimate of drug-likeness (QED) is 0.901. The van der Waals surface area contributed by atoms with Crippen LogP contribution in [0, 0.1) is 12.7 Å². The first-order valence-electron chi connectivity index (χ1n) is 6.29. The minimum Gasteiger partial charge on any atom is -0.327 e. The van der Waals surface area contributed by atoms with Crippen molar-refractivity contribution in [3.63, 3.8) is 0 Å². The Balaban J connectivity index is 2.05. The Bertz CT molecular complexity index is 568. The van der Waals surface area contributed by atoms with E-state index in [2.05, 4.69) is 25.1 Å². The van der Waals surface area contributed by atoms with E-state index in [1.54, 1.807) is 6.07 Å². The van der Waals surface area contributed by atoms with Crippen LogP contribution in [0.3, 0.4) is 0 Å². The zero-order valence-electron chi connectivity index (χ0n) is 10.9. The van der Waals surface area contributed by atoms with Gasteiger partial charge in [0.15, 0.2) is 0 Å². The molecule has 100 valence electrons. The Morgan fingerprint density at radius 2 is 1.95 bits per heavy atom. The van der Waals surface area contributed by atoms with Crippen molar-refractivity contribution in [2.45, 2.75) is 25.8 Å². The molecular formula is C16H17ClFN. The molecule has 2 aromatic rings. The minimum atomic E-state index is -0.276. The highest BCUT2D eigenvalue weighted by Crippen LogP contribution is 2.19. The number of halogens is 2. The van der Waals surface area contributed by atoms with Gasteiger partial charge >= 0.3 is 0 Å². The third kappa shape index (κ3) is 4.05. The summed E-state index contributed by atoms with van der Waals surface area (Å²) in [7, 11) is 0. The summed E-state index contributed by atoms with van der Waals surface area (Å²) in [6, 6.07) is 12.6. The first-order chi connectivity index (χ1) is 9.04. The van der Waals surface area contributed by atoms with Crippen molar-refractivity contribution in [3.05, 3.63) is 70.0 Å². The van der Waals surface area contributed by atoms with Crippen molar-refractivity contribution < 1.29 is 4.39 Å². The Labute approximate surface area is 118 Å². The second-order valence-corrected chi connectivity index (χ2v) is 5.30. The van der Waals surface area contributed by atoms with Gasteiger partial charge in [0, 0.05) is 11.1 Å². The molecule has 0 fully saturated rings. The highest BCUT2D eigenvalue weighted by atomic mass is 35.5. The molecule has 0 saturated carbocycles. The molecule has 1 unspecified atom stereocenters. The van der Waals surface area contributed by atoms with E-state index < -0.39 is 0 Å². The molecule has 0 amide bonds. The molecule has 0 bridgehead atoms. The highest BCUT2D eigenvalue weighted by molar-refractivity contribution is 6.31. The summed E-state index contributed by atoms with van der Waals surface area (Å²) in [5.41, 5.74) is 9.30. The molecule has 2 rings (SSSR count). The average Bonchev–Trinajstić information content (AvgIpc) is 2.34. The maximum absolute atomic E-state index is 13.2. The van der Waals surface area contributed by atoms with Gasteiger partial charge in [0.05, 0.1) is 0 Å². The summed E-state index contributed by atoms with van der Waals surface area (Å²) in [4.78, 5) is 0. The van der Waals surface area contributed by atoms with E-state index >= 15 is 0 Å². The maximum Gasteiger partial charge on any atom is 0.123 e. The van der Waals surface area contributed by atoms with E-state index in [1.807, 2.05) is 6.07 Å². The molecule has 0 radical (unpaired) electrons. The molecule has 0 aromatic heterocycles. The number of hydrogen-bond donors (Lipinski definition) is 1. The van der Waals surface area contributed by atoms with Crippen LogP contribution >= 0.6 is 11.6 Å². The lowest BCUT2D eigenvalue weighted by atomic mass is 9.99. The van der Waals surface area contributed by atoms with Crippen LogP contribution in [0.2, 0.25) is 5.02 Å². The van der Waals surface area contributed by atoms with Crippen LogP contribution < -0.4 is 5.73 Å². The highest BCUT2D eigenvalue weighted by Gasteiger charge is 2.09. The average molecular weight is 278 g/mol. The van der Waals surface area contributed by atoms with Crippen molar-refractivity contribution in [2.24, 2.45) is 5.73 Å². The Hall–Kier alpha value is -1.38. The molecule has 0 saturated heterocycles. The number of hydrogen-bond acceptors (Lipinski definition) is 1. The van der Waals surface area contributed by atoms with E-state index in [0.29, 0.717) is 11.4 Å². The van der Waals surface area contributed by atoms with Crippen LogP contribution in [0.15, 0.2) is 42.5 Å². The molecular weight excluding hydrogens is 261 g/mol. The normalized spacial score (nSPS) is 12.4. The van der Waals surface area contributed by atoms with Gasteiger partial charge in [-0.2, -0.15) is 0 Å². The van der Waals surface area contributed by atoms with Gasteiger partial charge in [-0.15, -0.1) is 0 Å². The molecule has 2 N–H and O–H groups in total. The third-order valence-electron chi connectivity index (χ3n) is 3.07. The van der Waals surface area contributed by atoms with Gasteiger partial charge in [0.25, 0.3) is 0 Å². The molecule has 0 aliphatic heterocycles. The van der Waals surface area contributed by atoms with Gasteiger partial charge in [-0.05, 0) is 49.1 Å². The largest absolute Gasteiger partial charge is 0.327 e. The zero-order valence-corrected chi connectivity index (χ0v) is 11.6. The second-order valence-electron chi connectivity index (χ2n) is 4.89. The summed E-state index contributed by atoms with van der Waals surface area (Å²) in [5, 5.41) is 0.570. The Morgan fingerprint density at radius 3 is 2.68 bits per heavy atom. The van der Waals surface area contributed by atoms with E-state index in [-0.39, 0.29) is 11.9 Å². The molecule has 1 atom stereocenters. The molecule has 1 nitrogen and oxygen atoms in total. The molecule has 0 aliphatic rings. The van der Waals surface area contributed by atoms with Crippen LogP contribution in [0.25, 0.3) is 0 Å². The van der Waals surface area contributed by atoms with Crippen LogP contribution in [-0.2, 0) is 12.8 Å². The molecule has 0 aliphatic carbocycles. The van der Waals surface area contributed by atoms with Gasteiger partial charge < -0.3 is 5.73 Å². The first-order valence-corrected chi connectivity index (χ1v) is 6.67. The SMILES string of the molecule is Cc1cccc(CC(N)Cc2cc(F)ccc2Cl)c1. The van der Waals surface area contributed by atoms with E-state index in [4.69, 9.17) is 17.3 Å². The lowest BCUT2D eigenvalue weighted by molar-refractivity contribution is 0.618. The molecule has 3 heteroatoms. The summed E-state index contributed by atoms with van der Waals surface area (Å²) in [5.74, 6) is -0.276. The van der Waals surface area contributed by atoms with Gasteiger partial charge in [-0.1, -0.05) is 41.4 Å². The smallest absolute Gasteiger partial charge is 0.123 e. The minimum absolute atomic E-state index is 0.0684. The van der Waals surface area contributed by atoms with Crippen LogP contribution in [-0.4, -0.2) is 6.04 Å². The summed E-state index contributed by atoms with van der Waals surface area (Å²) >= 11 is 6.05. The predicted octanol–water partition coefficient (Wildman–Crippen LogP) is 3.90. The second kappa shape index (κ2) is 6.18. The van der Waals surface area contributed by atoms with Crippen LogP contribution in [0.1, 0.15) is 16.7 Å². The standard InChI is InChI=1S/C16H17ClFN/c1-11-3-2-4-12(7-11)8-15(19)10-13-9-14(18)5-6-16(13)17/h2-7,9,15H,8,10,19H2,1H3. The monoisotopic (exact) mass is 277 g/mol.